The van der Waals surface area contributed by atoms with Crippen molar-refractivity contribution in [1.82, 2.24) is 9.97 Å². The molecule has 1 aromatic carbocycles. The van der Waals surface area contributed by atoms with Gasteiger partial charge in [-0.15, -0.1) is 0 Å². The van der Waals surface area contributed by atoms with Crippen molar-refractivity contribution < 1.29 is 4.74 Å². The van der Waals surface area contributed by atoms with E-state index in [1.165, 1.54) is 5.56 Å². The molecule has 0 aliphatic carbocycles. The van der Waals surface area contributed by atoms with E-state index in [1.807, 2.05) is 31.2 Å². The first kappa shape index (κ1) is 15.3. The summed E-state index contributed by atoms with van der Waals surface area (Å²) in [6.45, 7) is 7.23. The van der Waals surface area contributed by atoms with Crippen LogP contribution in [0.3, 0.4) is 0 Å². The van der Waals surface area contributed by atoms with Crippen molar-refractivity contribution in [2.45, 2.75) is 33.6 Å². The van der Waals surface area contributed by atoms with Crippen LogP contribution in [0.1, 0.15) is 31.5 Å². The van der Waals surface area contributed by atoms with Gasteiger partial charge in [0.05, 0.1) is 12.7 Å². The molecule has 2 rings (SSSR count). The lowest BCUT2D eigenvalue weighted by Gasteiger charge is -2.14. The molecule has 0 unspecified atom stereocenters. The number of nitrogens with one attached hydrogen (secondary N) is 1. The van der Waals surface area contributed by atoms with Crippen LogP contribution < -0.4 is 10.1 Å². The highest BCUT2D eigenvalue weighted by molar-refractivity contribution is 5.66. The van der Waals surface area contributed by atoms with Gasteiger partial charge in [0.25, 0.3) is 0 Å². The number of anilines is 1. The lowest BCUT2D eigenvalue weighted by atomic mass is 10.1. The number of ether oxygens (including phenoxy) is 1. The highest BCUT2D eigenvalue weighted by Gasteiger charge is 2.13. The van der Waals surface area contributed by atoms with Gasteiger partial charge in [0.15, 0.2) is 5.82 Å². The highest BCUT2D eigenvalue weighted by atomic mass is 16.5. The molecule has 112 valence electrons. The SMILES string of the molecule is CCCNc1nc(-c2ccccc2OC)nc(C)c1CC. The van der Waals surface area contributed by atoms with E-state index >= 15 is 0 Å². The second kappa shape index (κ2) is 7.07. The number of rotatable bonds is 6. The zero-order valence-corrected chi connectivity index (χ0v) is 13.2. The molecule has 1 aromatic heterocycles. The smallest absolute Gasteiger partial charge is 0.165 e. The van der Waals surface area contributed by atoms with E-state index in [-0.39, 0.29) is 0 Å². The monoisotopic (exact) mass is 285 g/mol. The van der Waals surface area contributed by atoms with Crippen molar-refractivity contribution in [2.75, 3.05) is 19.0 Å². The van der Waals surface area contributed by atoms with E-state index in [2.05, 4.69) is 24.1 Å². The van der Waals surface area contributed by atoms with E-state index in [0.717, 1.165) is 42.2 Å². The Bertz CT molecular complexity index is 611. The number of methoxy groups -OCH3 is 1. The van der Waals surface area contributed by atoms with Gasteiger partial charge in [0.1, 0.15) is 11.6 Å². The average molecular weight is 285 g/mol. The molecular weight excluding hydrogens is 262 g/mol. The fourth-order valence-electron chi connectivity index (χ4n) is 2.36. The van der Waals surface area contributed by atoms with E-state index < -0.39 is 0 Å². The quantitative estimate of drug-likeness (QED) is 0.876. The number of hydrogen-bond acceptors (Lipinski definition) is 4. The summed E-state index contributed by atoms with van der Waals surface area (Å²) in [6, 6.07) is 7.85. The van der Waals surface area contributed by atoms with Crippen LogP contribution in [-0.2, 0) is 6.42 Å². The molecule has 0 saturated heterocycles. The molecule has 1 N–H and O–H groups in total. The summed E-state index contributed by atoms with van der Waals surface area (Å²) in [5, 5.41) is 3.41. The number of aromatic nitrogens is 2. The van der Waals surface area contributed by atoms with Crippen molar-refractivity contribution in [3.63, 3.8) is 0 Å². The first-order valence-electron chi connectivity index (χ1n) is 7.46. The summed E-state index contributed by atoms with van der Waals surface area (Å²) < 4.78 is 5.42. The molecule has 0 saturated carbocycles. The molecule has 0 radical (unpaired) electrons. The van der Waals surface area contributed by atoms with Gasteiger partial charge in [-0.2, -0.15) is 0 Å². The molecule has 0 atom stereocenters. The third-order valence-corrected chi connectivity index (χ3v) is 3.46. The minimum absolute atomic E-state index is 0.709. The van der Waals surface area contributed by atoms with E-state index in [0.29, 0.717) is 5.82 Å². The van der Waals surface area contributed by atoms with Crippen LogP contribution in [0.2, 0.25) is 0 Å². The molecule has 0 aliphatic rings. The molecule has 0 spiro atoms. The zero-order valence-electron chi connectivity index (χ0n) is 13.2. The van der Waals surface area contributed by atoms with Crippen LogP contribution in [0.5, 0.6) is 5.75 Å². The molecule has 0 bridgehead atoms. The van der Waals surface area contributed by atoms with E-state index in [1.54, 1.807) is 7.11 Å². The molecule has 0 amide bonds. The average Bonchev–Trinajstić information content (AvgIpc) is 2.52. The van der Waals surface area contributed by atoms with Crippen molar-refractivity contribution >= 4 is 5.82 Å². The molecule has 2 aromatic rings. The van der Waals surface area contributed by atoms with Crippen molar-refractivity contribution in [3.05, 3.63) is 35.5 Å². The normalized spacial score (nSPS) is 10.5. The number of benzene rings is 1. The number of para-hydroxylation sites is 1. The van der Waals surface area contributed by atoms with Gasteiger partial charge in [-0.1, -0.05) is 26.0 Å². The summed E-state index contributed by atoms with van der Waals surface area (Å²) in [5.41, 5.74) is 3.12. The van der Waals surface area contributed by atoms with Crippen molar-refractivity contribution in [2.24, 2.45) is 0 Å². The topological polar surface area (TPSA) is 47.0 Å². The second-order valence-electron chi connectivity index (χ2n) is 4.94. The summed E-state index contributed by atoms with van der Waals surface area (Å²) in [7, 11) is 1.67. The highest BCUT2D eigenvalue weighted by Crippen LogP contribution is 2.29. The zero-order chi connectivity index (χ0) is 15.2. The Balaban J connectivity index is 2.52. The third-order valence-electron chi connectivity index (χ3n) is 3.46. The van der Waals surface area contributed by atoms with E-state index in [4.69, 9.17) is 9.72 Å². The summed E-state index contributed by atoms with van der Waals surface area (Å²) in [6.07, 6.45) is 1.99. The lowest BCUT2D eigenvalue weighted by Crippen LogP contribution is -2.09. The fraction of sp³-hybridized carbons (Fsp3) is 0.412. The first-order chi connectivity index (χ1) is 10.2. The Labute approximate surface area is 126 Å². The van der Waals surface area contributed by atoms with Crippen LogP contribution in [0.15, 0.2) is 24.3 Å². The number of aryl methyl sites for hydroxylation is 1. The van der Waals surface area contributed by atoms with Crippen LogP contribution in [0.4, 0.5) is 5.82 Å². The number of hydrogen-bond donors (Lipinski definition) is 1. The van der Waals surface area contributed by atoms with Gasteiger partial charge >= 0.3 is 0 Å². The largest absolute Gasteiger partial charge is 0.496 e. The lowest BCUT2D eigenvalue weighted by molar-refractivity contribution is 0.416. The van der Waals surface area contributed by atoms with Gasteiger partial charge in [-0.05, 0) is 31.9 Å². The van der Waals surface area contributed by atoms with Crippen molar-refractivity contribution in [1.29, 1.82) is 0 Å². The van der Waals surface area contributed by atoms with Crippen LogP contribution in [0, 0.1) is 6.92 Å². The molecule has 0 aliphatic heterocycles. The van der Waals surface area contributed by atoms with Crippen LogP contribution >= 0.6 is 0 Å². The van der Waals surface area contributed by atoms with Crippen LogP contribution in [-0.4, -0.2) is 23.6 Å². The second-order valence-corrected chi connectivity index (χ2v) is 4.94. The molecule has 21 heavy (non-hydrogen) atoms. The maximum absolute atomic E-state index is 5.42. The first-order valence-corrected chi connectivity index (χ1v) is 7.46. The fourth-order valence-corrected chi connectivity index (χ4v) is 2.36. The maximum atomic E-state index is 5.42. The van der Waals surface area contributed by atoms with Gasteiger partial charge in [-0.3, -0.25) is 0 Å². The standard InChI is InChI=1S/C17H23N3O/c1-5-11-18-16-13(6-2)12(3)19-17(20-16)14-9-7-8-10-15(14)21-4/h7-10H,5-6,11H2,1-4H3,(H,18,19,20). The summed E-state index contributed by atoms with van der Waals surface area (Å²) in [5.74, 6) is 2.44. The van der Waals surface area contributed by atoms with Crippen molar-refractivity contribution in [3.8, 4) is 17.1 Å². The molecule has 1 heterocycles. The minimum Gasteiger partial charge on any atom is -0.496 e. The predicted molar refractivity (Wildman–Crippen MR) is 86.9 cm³/mol. The van der Waals surface area contributed by atoms with Gasteiger partial charge in [-0.25, -0.2) is 9.97 Å². The molecule has 0 fully saturated rings. The van der Waals surface area contributed by atoms with Gasteiger partial charge < -0.3 is 10.1 Å². The Morgan fingerprint density at radius 3 is 2.57 bits per heavy atom. The Hall–Kier alpha value is -2.10. The predicted octanol–water partition coefficient (Wildman–Crippen LogP) is 3.84. The van der Waals surface area contributed by atoms with Crippen LogP contribution in [0.25, 0.3) is 11.4 Å². The maximum Gasteiger partial charge on any atom is 0.165 e. The Kier molecular flexibility index (Phi) is 5.14. The van der Waals surface area contributed by atoms with Gasteiger partial charge in [0.2, 0.25) is 0 Å². The minimum atomic E-state index is 0.709. The Morgan fingerprint density at radius 2 is 1.90 bits per heavy atom. The van der Waals surface area contributed by atoms with Gasteiger partial charge in [0, 0.05) is 17.8 Å². The molecule has 4 nitrogen and oxygen atoms in total. The molecular formula is C17H23N3O. The molecule has 4 heteroatoms. The Morgan fingerprint density at radius 1 is 1.14 bits per heavy atom. The third kappa shape index (κ3) is 3.32. The van der Waals surface area contributed by atoms with E-state index in [9.17, 15) is 0 Å². The summed E-state index contributed by atoms with van der Waals surface area (Å²) >= 11 is 0. The summed E-state index contributed by atoms with van der Waals surface area (Å²) in [4.78, 5) is 9.38. The number of nitrogens with zero attached hydrogens (tertiary/aromatic N) is 2.